The Kier molecular flexibility index (Phi) is 5.36. The highest BCUT2D eigenvalue weighted by molar-refractivity contribution is 9.10. The van der Waals surface area contributed by atoms with Crippen molar-refractivity contribution in [2.75, 3.05) is 6.61 Å². The maximum Gasteiger partial charge on any atom is 0.185 e. The van der Waals surface area contributed by atoms with Crippen LogP contribution in [0.3, 0.4) is 0 Å². The van der Waals surface area contributed by atoms with Crippen molar-refractivity contribution in [3.8, 4) is 11.3 Å². The van der Waals surface area contributed by atoms with Crippen LogP contribution in [0.1, 0.15) is 23.4 Å². The predicted molar refractivity (Wildman–Crippen MR) is 94.8 cm³/mol. The van der Waals surface area contributed by atoms with Gasteiger partial charge in [-0.25, -0.2) is 4.98 Å². The molecule has 0 amide bonds. The Morgan fingerprint density at radius 2 is 1.95 bits per heavy atom. The number of imidazole rings is 1. The van der Waals surface area contributed by atoms with E-state index in [0.29, 0.717) is 12.4 Å². The molecule has 1 heterocycles. The van der Waals surface area contributed by atoms with Crippen molar-refractivity contribution in [1.82, 2.24) is 9.55 Å². The van der Waals surface area contributed by atoms with Gasteiger partial charge < -0.3 is 4.74 Å². The van der Waals surface area contributed by atoms with Crippen molar-refractivity contribution in [1.29, 1.82) is 0 Å². The number of aromatic nitrogens is 2. The second-order valence-electron chi connectivity index (χ2n) is 6.14. The van der Waals surface area contributed by atoms with E-state index in [2.05, 4.69) is 40.6 Å². The zero-order valence-corrected chi connectivity index (χ0v) is 15.9. The maximum absolute atomic E-state index is 11.5. The molecular formula is C16H21BrN2O2Si. The van der Waals surface area contributed by atoms with Crippen LogP contribution in [-0.2, 0) is 4.74 Å². The quantitative estimate of drug-likeness (QED) is 0.545. The number of nitrogens with zero attached hydrogens (tertiary/aromatic N) is 2. The molecule has 0 spiro atoms. The lowest BCUT2D eigenvalue weighted by atomic mass is 10.2. The molecule has 0 aliphatic rings. The standard InChI is InChI=1S/C16H21BrN2O2Si/c1-5-21-16(22(2,3)4)19-13(11-20)18-14(15(19)17)12-9-7-6-8-10-12/h6-11,16H,5H2,1-4H3. The summed E-state index contributed by atoms with van der Waals surface area (Å²) in [6, 6.07) is 9.84. The molecule has 4 nitrogen and oxygen atoms in total. The molecule has 0 saturated carbocycles. The first-order valence-corrected chi connectivity index (χ1v) is 11.7. The third kappa shape index (κ3) is 3.39. The van der Waals surface area contributed by atoms with Crippen molar-refractivity contribution in [2.24, 2.45) is 0 Å². The van der Waals surface area contributed by atoms with Gasteiger partial charge in [0.2, 0.25) is 0 Å². The minimum absolute atomic E-state index is 0.142. The van der Waals surface area contributed by atoms with Gasteiger partial charge in [-0.1, -0.05) is 50.0 Å². The van der Waals surface area contributed by atoms with Crippen molar-refractivity contribution in [2.45, 2.75) is 32.4 Å². The van der Waals surface area contributed by atoms with E-state index in [1.165, 1.54) is 0 Å². The van der Waals surface area contributed by atoms with Crippen LogP contribution in [0, 0.1) is 0 Å². The monoisotopic (exact) mass is 380 g/mol. The van der Waals surface area contributed by atoms with Gasteiger partial charge in [-0.3, -0.25) is 9.36 Å². The highest BCUT2D eigenvalue weighted by Crippen LogP contribution is 2.34. The Bertz CT molecular complexity index is 650. The van der Waals surface area contributed by atoms with Gasteiger partial charge in [0.15, 0.2) is 12.1 Å². The van der Waals surface area contributed by atoms with Crippen LogP contribution in [-0.4, -0.2) is 30.5 Å². The largest absolute Gasteiger partial charge is 0.362 e. The molecule has 1 unspecified atom stereocenters. The molecule has 1 aromatic heterocycles. The van der Waals surface area contributed by atoms with E-state index in [0.717, 1.165) is 22.1 Å². The number of aldehydes is 1. The van der Waals surface area contributed by atoms with Crippen LogP contribution in [0.2, 0.25) is 19.6 Å². The molecular weight excluding hydrogens is 360 g/mol. The first-order valence-electron chi connectivity index (χ1n) is 7.30. The molecule has 2 rings (SSSR count). The average molecular weight is 381 g/mol. The molecule has 0 aliphatic heterocycles. The summed E-state index contributed by atoms with van der Waals surface area (Å²) < 4.78 is 8.65. The molecule has 2 aromatic rings. The number of benzene rings is 1. The Labute approximate surface area is 140 Å². The minimum atomic E-state index is -1.70. The summed E-state index contributed by atoms with van der Waals surface area (Å²) in [6.07, 6.45) is 0.795. The van der Waals surface area contributed by atoms with Crippen LogP contribution >= 0.6 is 15.9 Å². The second kappa shape index (κ2) is 6.89. The zero-order valence-electron chi connectivity index (χ0n) is 13.3. The van der Waals surface area contributed by atoms with Gasteiger partial charge in [0.1, 0.15) is 24.2 Å². The molecule has 0 N–H and O–H groups in total. The summed E-state index contributed by atoms with van der Waals surface area (Å²) in [5.74, 6) is 0.253. The van der Waals surface area contributed by atoms with Crippen LogP contribution < -0.4 is 0 Å². The van der Waals surface area contributed by atoms with E-state index < -0.39 is 8.07 Å². The van der Waals surface area contributed by atoms with Crippen molar-refractivity contribution in [3.05, 3.63) is 40.8 Å². The fourth-order valence-electron chi connectivity index (χ4n) is 2.38. The fraction of sp³-hybridized carbons (Fsp3) is 0.375. The first-order chi connectivity index (χ1) is 10.4. The molecule has 0 saturated heterocycles. The molecule has 0 radical (unpaired) electrons. The summed E-state index contributed by atoms with van der Waals surface area (Å²) in [4.78, 5) is 16.0. The topological polar surface area (TPSA) is 44.1 Å². The third-order valence-electron chi connectivity index (χ3n) is 3.33. The number of carbonyl (C=O) groups excluding carboxylic acids is 1. The van der Waals surface area contributed by atoms with E-state index >= 15 is 0 Å². The summed E-state index contributed by atoms with van der Waals surface area (Å²) >= 11 is 3.63. The van der Waals surface area contributed by atoms with Gasteiger partial charge >= 0.3 is 0 Å². The van der Waals surface area contributed by atoms with Gasteiger partial charge in [0, 0.05) is 12.2 Å². The molecule has 118 valence electrons. The summed E-state index contributed by atoms with van der Waals surface area (Å²) in [7, 11) is -1.70. The first kappa shape index (κ1) is 17.1. The molecule has 0 aliphatic carbocycles. The van der Waals surface area contributed by atoms with Crippen LogP contribution in [0.4, 0.5) is 0 Å². The second-order valence-corrected chi connectivity index (χ2v) is 12.1. The smallest absolute Gasteiger partial charge is 0.185 e. The molecule has 22 heavy (non-hydrogen) atoms. The molecule has 1 aromatic carbocycles. The Morgan fingerprint density at radius 1 is 1.32 bits per heavy atom. The number of hydrogen-bond donors (Lipinski definition) is 0. The minimum Gasteiger partial charge on any atom is -0.362 e. The van der Waals surface area contributed by atoms with E-state index in [4.69, 9.17) is 4.74 Å². The SMILES string of the molecule is CCOC(n1c(C=O)nc(-c2ccccc2)c1Br)[Si](C)(C)C. The van der Waals surface area contributed by atoms with E-state index in [-0.39, 0.29) is 5.85 Å². The normalized spacial score (nSPS) is 13.1. The highest BCUT2D eigenvalue weighted by atomic mass is 79.9. The van der Waals surface area contributed by atoms with E-state index in [1.54, 1.807) is 0 Å². The zero-order chi connectivity index (χ0) is 16.3. The van der Waals surface area contributed by atoms with Gasteiger partial charge in [-0.2, -0.15) is 0 Å². The predicted octanol–water partition coefficient (Wildman–Crippen LogP) is 4.54. The lowest BCUT2D eigenvalue weighted by molar-refractivity contribution is 0.0600. The summed E-state index contributed by atoms with van der Waals surface area (Å²) in [6.45, 7) is 9.22. The van der Waals surface area contributed by atoms with E-state index in [1.807, 2.05) is 41.8 Å². The van der Waals surface area contributed by atoms with Gasteiger partial charge in [-0.15, -0.1) is 0 Å². The van der Waals surface area contributed by atoms with E-state index in [9.17, 15) is 4.79 Å². The lowest BCUT2D eigenvalue weighted by Crippen LogP contribution is -2.38. The molecule has 0 fully saturated rings. The van der Waals surface area contributed by atoms with Crippen LogP contribution in [0.25, 0.3) is 11.3 Å². The van der Waals surface area contributed by atoms with Gasteiger partial charge in [0.25, 0.3) is 0 Å². The molecule has 6 heteroatoms. The summed E-state index contributed by atoms with van der Waals surface area (Å²) in [5, 5.41) is 0. The number of hydrogen-bond acceptors (Lipinski definition) is 3. The lowest BCUT2D eigenvalue weighted by Gasteiger charge is -2.31. The van der Waals surface area contributed by atoms with Crippen molar-refractivity contribution in [3.63, 3.8) is 0 Å². The van der Waals surface area contributed by atoms with Gasteiger partial charge in [0.05, 0.1) is 0 Å². The summed E-state index contributed by atoms with van der Waals surface area (Å²) in [5.41, 5.74) is 1.74. The van der Waals surface area contributed by atoms with Crippen LogP contribution in [0.5, 0.6) is 0 Å². The Hall–Kier alpha value is -1.24. The average Bonchev–Trinajstić information content (AvgIpc) is 2.81. The van der Waals surface area contributed by atoms with Gasteiger partial charge in [-0.05, 0) is 22.9 Å². The number of halogens is 1. The molecule has 0 bridgehead atoms. The number of rotatable bonds is 6. The maximum atomic E-state index is 11.5. The Balaban J connectivity index is 2.61. The number of ether oxygens (including phenoxy) is 1. The highest BCUT2D eigenvalue weighted by Gasteiger charge is 2.33. The van der Waals surface area contributed by atoms with Crippen molar-refractivity contribution < 1.29 is 9.53 Å². The third-order valence-corrected chi connectivity index (χ3v) is 6.00. The number of carbonyl (C=O) groups is 1. The molecule has 1 atom stereocenters. The van der Waals surface area contributed by atoms with Crippen molar-refractivity contribution >= 4 is 30.3 Å². The van der Waals surface area contributed by atoms with Crippen LogP contribution in [0.15, 0.2) is 34.9 Å². The fourth-order valence-corrected chi connectivity index (χ4v) is 4.96. The Morgan fingerprint density at radius 3 is 2.45 bits per heavy atom.